The zero-order valence-electron chi connectivity index (χ0n) is 7.46. The zero-order chi connectivity index (χ0) is 12.7. The molecule has 0 rings (SSSR count). The molecule has 92 valence electrons. The van der Waals surface area contributed by atoms with Gasteiger partial charge in [0, 0.05) is 0 Å². The molecule has 0 heterocycles. The van der Waals surface area contributed by atoms with Crippen LogP contribution in [0.5, 0.6) is 0 Å². The van der Waals surface area contributed by atoms with Crippen LogP contribution < -0.4 is 5.73 Å². The summed E-state index contributed by atoms with van der Waals surface area (Å²) in [5, 5.41) is 25.6. The predicted molar refractivity (Wildman–Crippen MR) is 40.9 cm³/mol. The Morgan fingerprint density at radius 1 is 1.00 bits per heavy atom. The van der Waals surface area contributed by atoms with Crippen LogP contribution >= 0.6 is 0 Å². The Kier molecular flexibility index (Phi) is 5.19. The highest BCUT2D eigenvalue weighted by molar-refractivity contribution is 4.60. The van der Waals surface area contributed by atoms with Crippen molar-refractivity contribution < 1.29 is 29.8 Å². The van der Waals surface area contributed by atoms with Crippen molar-refractivity contribution in [3.8, 4) is 0 Å². The van der Waals surface area contributed by atoms with E-state index in [1.807, 2.05) is 0 Å². The Morgan fingerprint density at radius 2 is 1.50 bits per heavy atom. The Labute approximate surface area is 86.0 Å². The molecule has 0 saturated heterocycles. The highest BCUT2D eigenvalue weighted by atomic mass is 17.0. The predicted octanol–water partition coefficient (Wildman–Crippen LogP) is -1.74. The van der Waals surface area contributed by atoms with Crippen LogP contribution in [0.1, 0.15) is 0 Å². The molecule has 0 bridgehead atoms. The van der Waals surface area contributed by atoms with Gasteiger partial charge in [-0.3, -0.25) is 4.84 Å². The van der Waals surface area contributed by atoms with Crippen LogP contribution in [-0.4, -0.2) is 34.2 Å². The number of hydrogen-bond donors (Lipinski definition) is 1. The van der Waals surface area contributed by atoms with Crippen molar-refractivity contribution >= 4 is 0 Å². The second-order valence-corrected chi connectivity index (χ2v) is 2.18. The van der Waals surface area contributed by atoms with E-state index in [9.17, 15) is 30.3 Å². The number of rotatable bonds is 8. The van der Waals surface area contributed by atoms with Gasteiger partial charge in [0.05, 0.1) is 0 Å². The minimum absolute atomic E-state index is 0.983. The molecule has 2 unspecified atom stereocenters. The summed E-state index contributed by atoms with van der Waals surface area (Å²) in [6.07, 6.45) is -3.69. The summed E-state index contributed by atoms with van der Waals surface area (Å²) in [5.74, 6) is 0. The van der Waals surface area contributed by atoms with Gasteiger partial charge < -0.3 is 15.4 Å². The highest BCUT2D eigenvalue weighted by Gasteiger charge is 2.26. The van der Waals surface area contributed by atoms with Crippen LogP contribution in [0.2, 0.25) is 0 Å². The lowest BCUT2D eigenvalue weighted by Crippen LogP contribution is -2.44. The van der Waals surface area contributed by atoms with Gasteiger partial charge in [0.1, 0.15) is 6.61 Å². The Hall–Kier alpha value is -2.44. The normalized spacial score (nSPS) is 13.3. The van der Waals surface area contributed by atoms with Crippen molar-refractivity contribution in [2.75, 3.05) is 6.61 Å². The second-order valence-electron chi connectivity index (χ2n) is 2.18. The van der Waals surface area contributed by atoms with E-state index >= 15 is 0 Å². The van der Waals surface area contributed by atoms with Gasteiger partial charge in [-0.1, -0.05) is 0 Å². The van der Waals surface area contributed by atoms with Crippen LogP contribution in [0.25, 0.3) is 0 Å². The van der Waals surface area contributed by atoms with Crippen molar-refractivity contribution in [2.45, 2.75) is 12.3 Å². The van der Waals surface area contributed by atoms with Gasteiger partial charge >= 0.3 is 0 Å². The van der Waals surface area contributed by atoms with Crippen LogP contribution in [0.4, 0.5) is 0 Å². The summed E-state index contributed by atoms with van der Waals surface area (Å²) in [7, 11) is 0. The molecule has 0 aromatic rings. The molecular weight excluding hydrogens is 236 g/mol. The molecule has 2 N–H and O–H groups in total. The third kappa shape index (κ3) is 6.08. The Morgan fingerprint density at radius 3 is 1.88 bits per heavy atom. The summed E-state index contributed by atoms with van der Waals surface area (Å²) in [4.78, 5) is 40.8. The molecule has 0 radical (unpaired) electrons. The first-order chi connectivity index (χ1) is 7.32. The van der Waals surface area contributed by atoms with Crippen LogP contribution in [0.15, 0.2) is 0 Å². The number of nitrogens with zero attached hydrogens (tertiary/aromatic N) is 3. The molecule has 0 aliphatic carbocycles. The maximum Gasteiger partial charge on any atom is 0.296 e. The van der Waals surface area contributed by atoms with Crippen molar-refractivity contribution in [1.82, 2.24) is 0 Å². The van der Waals surface area contributed by atoms with Gasteiger partial charge in [0.15, 0.2) is 12.3 Å². The molecule has 16 heavy (non-hydrogen) atoms. The van der Waals surface area contributed by atoms with Crippen LogP contribution in [0.3, 0.4) is 0 Å². The van der Waals surface area contributed by atoms with E-state index in [2.05, 4.69) is 14.5 Å². The van der Waals surface area contributed by atoms with E-state index in [1.54, 1.807) is 0 Å². The van der Waals surface area contributed by atoms with E-state index in [4.69, 9.17) is 5.73 Å². The van der Waals surface area contributed by atoms with Crippen molar-refractivity contribution in [1.29, 1.82) is 0 Å². The average Bonchev–Trinajstić information content (AvgIpc) is 2.09. The standard InChI is InChI=1S/C3H6N4O9/c4-3(16-7(12)13)2(15-6(10)11)1-14-5(8)9/h2-3H,1,4H2. The van der Waals surface area contributed by atoms with E-state index in [-0.39, 0.29) is 0 Å². The fourth-order valence-electron chi connectivity index (χ4n) is 0.597. The van der Waals surface area contributed by atoms with Gasteiger partial charge in [-0.05, 0) is 0 Å². The number of hydrogen-bond acceptors (Lipinski definition) is 10. The fraction of sp³-hybridized carbons (Fsp3) is 1.00. The first-order valence-electron chi connectivity index (χ1n) is 3.48. The monoisotopic (exact) mass is 242 g/mol. The minimum Gasteiger partial charge on any atom is -0.311 e. The molecule has 0 amide bonds. The van der Waals surface area contributed by atoms with Crippen molar-refractivity contribution in [3.63, 3.8) is 0 Å². The Balaban J connectivity index is 4.33. The maximum atomic E-state index is 9.92. The maximum absolute atomic E-state index is 9.92. The third-order valence-corrected chi connectivity index (χ3v) is 1.14. The van der Waals surface area contributed by atoms with Crippen LogP contribution in [0, 0.1) is 30.3 Å². The van der Waals surface area contributed by atoms with E-state index in [0.717, 1.165) is 0 Å². The quantitative estimate of drug-likeness (QED) is 0.291. The topological polar surface area (TPSA) is 183 Å². The summed E-state index contributed by atoms with van der Waals surface area (Å²) in [6, 6.07) is 0. The van der Waals surface area contributed by atoms with E-state index in [0.29, 0.717) is 0 Å². The van der Waals surface area contributed by atoms with E-state index < -0.39 is 34.2 Å². The average molecular weight is 242 g/mol. The molecule has 0 spiro atoms. The van der Waals surface area contributed by atoms with Gasteiger partial charge in [0.2, 0.25) is 0 Å². The highest BCUT2D eigenvalue weighted by Crippen LogP contribution is 2.01. The first-order valence-corrected chi connectivity index (χ1v) is 3.48. The minimum atomic E-state index is -1.89. The van der Waals surface area contributed by atoms with Gasteiger partial charge in [-0.2, -0.15) is 0 Å². The van der Waals surface area contributed by atoms with Crippen molar-refractivity contribution in [2.24, 2.45) is 5.73 Å². The van der Waals surface area contributed by atoms with E-state index in [1.165, 1.54) is 0 Å². The molecular formula is C3H6N4O9. The first kappa shape index (κ1) is 13.6. The lowest BCUT2D eigenvalue weighted by atomic mass is 10.3. The fourth-order valence-corrected chi connectivity index (χ4v) is 0.597. The van der Waals surface area contributed by atoms with Gasteiger partial charge in [0.25, 0.3) is 15.3 Å². The molecule has 0 saturated carbocycles. The van der Waals surface area contributed by atoms with Crippen LogP contribution in [-0.2, 0) is 14.5 Å². The van der Waals surface area contributed by atoms with Gasteiger partial charge in [-0.25, -0.2) is 0 Å². The number of nitrogens with two attached hydrogens (primary N) is 1. The molecule has 0 fully saturated rings. The summed E-state index contributed by atoms with van der Waals surface area (Å²) in [6.45, 7) is -0.983. The largest absolute Gasteiger partial charge is 0.311 e. The molecule has 0 aromatic heterocycles. The molecule has 13 nitrogen and oxygen atoms in total. The van der Waals surface area contributed by atoms with Gasteiger partial charge in [-0.15, -0.1) is 30.3 Å². The molecule has 0 aromatic carbocycles. The molecule has 13 heteroatoms. The molecule has 0 aliphatic heterocycles. The Bertz CT molecular complexity index is 280. The lowest BCUT2D eigenvalue weighted by Gasteiger charge is -2.18. The SMILES string of the molecule is NC(O[N+](=O)[O-])C(CO[N+](=O)[O-])O[N+](=O)[O-]. The zero-order valence-corrected chi connectivity index (χ0v) is 7.46. The summed E-state index contributed by atoms with van der Waals surface area (Å²) in [5.41, 5.74) is 4.96. The third-order valence-electron chi connectivity index (χ3n) is 1.14. The van der Waals surface area contributed by atoms with Crippen molar-refractivity contribution in [3.05, 3.63) is 30.3 Å². The second kappa shape index (κ2) is 6.12. The summed E-state index contributed by atoms with van der Waals surface area (Å²) < 4.78 is 0. The lowest BCUT2D eigenvalue weighted by molar-refractivity contribution is -0.810. The molecule has 0 aliphatic rings. The summed E-state index contributed by atoms with van der Waals surface area (Å²) >= 11 is 0. The molecule has 2 atom stereocenters. The smallest absolute Gasteiger partial charge is 0.296 e.